The van der Waals surface area contributed by atoms with Crippen LogP contribution in [0.2, 0.25) is 0 Å². The summed E-state index contributed by atoms with van der Waals surface area (Å²) in [5.41, 5.74) is 6.84. The van der Waals surface area contributed by atoms with Crippen LogP contribution < -0.4 is 10.1 Å². The summed E-state index contributed by atoms with van der Waals surface area (Å²) in [6, 6.07) is 19.9. The van der Waals surface area contributed by atoms with E-state index in [0.29, 0.717) is 24.5 Å². The van der Waals surface area contributed by atoms with Crippen LogP contribution in [0.15, 0.2) is 60.7 Å². The number of amides is 1. The van der Waals surface area contributed by atoms with Gasteiger partial charge >= 0.3 is 5.97 Å². The molecule has 0 saturated heterocycles. The van der Waals surface area contributed by atoms with Gasteiger partial charge < -0.3 is 14.8 Å². The fourth-order valence-electron chi connectivity index (χ4n) is 4.55. The minimum absolute atomic E-state index is 0.119. The third kappa shape index (κ3) is 8.49. The average Bonchev–Trinajstić information content (AvgIpc) is 2.85. The Kier molecular flexibility index (Phi) is 9.90. The number of methoxy groups -OCH3 is 1. The largest absolute Gasteiger partial charge is 0.489 e. The molecule has 0 radical (unpaired) electrons. The maximum atomic E-state index is 13.7. The van der Waals surface area contributed by atoms with Crippen molar-refractivity contribution in [3.63, 3.8) is 0 Å². The van der Waals surface area contributed by atoms with Crippen LogP contribution in [-0.2, 0) is 22.6 Å². The molecule has 196 valence electrons. The standard InChI is InChI=1S/C32H39NO4/c1-21(2)14-30(27-16-23(4)15-24(5)17-27)33-32(35)29-19-25(10-11-26(29)12-13-31(34)36-6)20-37-28-9-7-8-22(3)18-28/h7-11,15-19,21,30H,12-14,20H2,1-6H3,(H,33,35). The summed E-state index contributed by atoms with van der Waals surface area (Å²) in [5, 5.41) is 3.29. The molecule has 0 aliphatic heterocycles. The van der Waals surface area contributed by atoms with Crippen LogP contribution in [0.3, 0.4) is 0 Å². The minimum Gasteiger partial charge on any atom is -0.489 e. The first-order valence-corrected chi connectivity index (χ1v) is 12.9. The Morgan fingerprint density at radius 3 is 2.27 bits per heavy atom. The average molecular weight is 502 g/mol. The first-order chi connectivity index (χ1) is 17.6. The normalized spacial score (nSPS) is 11.8. The van der Waals surface area contributed by atoms with Crippen molar-refractivity contribution in [2.24, 2.45) is 5.92 Å². The zero-order valence-corrected chi connectivity index (χ0v) is 22.9. The second kappa shape index (κ2) is 13.1. The van der Waals surface area contributed by atoms with Gasteiger partial charge in [-0.15, -0.1) is 0 Å². The summed E-state index contributed by atoms with van der Waals surface area (Å²) in [6.45, 7) is 10.8. The summed E-state index contributed by atoms with van der Waals surface area (Å²) in [7, 11) is 1.38. The van der Waals surface area contributed by atoms with Crippen LogP contribution in [0.25, 0.3) is 0 Å². The SMILES string of the molecule is COC(=O)CCc1ccc(COc2cccc(C)c2)cc1C(=O)NC(CC(C)C)c1cc(C)cc(C)c1. The lowest BCUT2D eigenvalue weighted by Crippen LogP contribution is -2.30. The van der Waals surface area contributed by atoms with Crippen molar-refractivity contribution >= 4 is 11.9 Å². The second-order valence-electron chi connectivity index (χ2n) is 10.2. The third-order valence-corrected chi connectivity index (χ3v) is 6.30. The molecule has 1 amide bonds. The molecule has 3 rings (SSSR count). The summed E-state index contributed by atoms with van der Waals surface area (Å²) in [6.07, 6.45) is 1.46. The van der Waals surface area contributed by atoms with Gasteiger partial charge in [-0.3, -0.25) is 9.59 Å². The van der Waals surface area contributed by atoms with Crippen molar-refractivity contribution in [1.29, 1.82) is 0 Å². The lowest BCUT2D eigenvalue weighted by molar-refractivity contribution is -0.140. The van der Waals surface area contributed by atoms with Crippen LogP contribution in [-0.4, -0.2) is 19.0 Å². The van der Waals surface area contributed by atoms with Gasteiger partial charge in [0.05, 0.1) is 13.2 Å². The maximum absolute atomic E-state index is 13.7. The molecular formula is C32H39NO4. The molecule has 0 bridgehead atoms. The van der Waals surface area contributed by atoms with Gasteiger partial charge in [-0.1, -0.05) is 67.4 Å². The Morgan fingerprint density at radius 2 is 1.62 bits per heavy atom. The summed E-state index contributed by atoms with van der Waals surface area (Å²) in [4.78, 5) is 25.5. The molecule has 3 aromatic rings. The Morgan fingerprint density at radius 1 is 0.892 bits per heavy atom. The first kappa shape index (κ1) is 28.0. The number of carbonyl (C=O) groups excluding carboxylic acids is 2. The predicted octanol–water partition coefficient (Wildman–Crippen LogP) is 6.81. The number of esters is 1. The molecule has 0 saturated carbocycles. The Hall–Kier alpha value is -3.60. The number of ether oxygens (including phenoxy) is 2. The van der Waals surface area contributed by atoms with Gasteiger partial charge in [-0.2, -0.15) is 0 Å². The molecular weight excluding hydrogens is 462 g/mol. The number of nitrogens with one attached hydrogen (secondary N) is 1. The smallest absolute Gasteiger partial charge is 0.305 e. The summed E-state index contributed by atoms with van der Waals surface area (Å²) in [5.74, 6) is 0.736. The minimum atomic E-state index is -0.300. The molecule has 0 spiro atoms. The van der Waals surface area contributed by atoms with E-state index < -0.39 is 0 Å². The number of aryl methyl sites for hydroxylation is 4. The number of benzene rings is 3. The molecule has 0 heterocycles. The summed E-state index contributed by atoms with van der Waals surface area (Å²) < 4.78 is 10.8. The molecule has 5 heteroatoms. The third-order valence-electron chi connectivity index (χ3n) is 6.30. The van der Waals surface area contributed by atoms with E-state index in [-0.39, 0.29) is 24.3 Å². The fraction of sp³-hybridized carbons (Fsp3) is 0.375. The molecule has 1 unspecified atom stereocenters. The first-order valence-electron chi connectivity index (χ1n) is 12.9. The van der Waals surface area contributed by atoms with E-state index in [1.807, 2.05) is 49.4 Å². The van der Waals surface area contributed by atoms with E-state index in [1.165, 1.54) is 18.2 Å². The second-order valence-corrected chi connectivity index (χ2v) is 10.2. The van der Waals surface area contributed by atoms with Crippen LogP contribution in [0.4, 0.5) is 0 Å². The molecule has 0 aliphatic carbocycles. The van der Waals surface area contributed by atoms with Gasteiger partial charge in [0, 0.05) is 12.0 Å². The molecule has 1 atom stereocenters. The van der Waals surface area contributed by atoms with E-state index >= 15 is 0 Å². The van der Waals surface area contributed by atoms with Crippen LogP contribution >= 0.6 is 0 Å². The highest BCUT2D eigenvalue weighted by Crippen LogP contribution is 2.25. The topological polar surface area (TPSA) is 64.6 Å². The fourth-order valence-corrected chi connectivity index (χ4v) is 4.55. The Balaban J connectivity index is 1.89. The summed E-state index contributed by atoms with van der Waals surface area (Å²) >= 11 is 0. The molecule has 37 heavy (non-hydrogen) atoms. The van der Waals surface area contributed by atoms with Gasteiger partial charge in [0.2, 0.25) is 0 Å². The molecule has 5 nitrogen and oxygen atoms in total. The van der Waals surface area contributed by atoms with Gasteiger partial charge in [0.1, 0.15) is 12.4 Å². The quantitative estimate of drug-likeness (QED) is 0.293. The van der Waals surface area contributed by atoms with Gasteiger partial charge in [-0.25, -0.2) is 0 Å². The monoisotopic (exact) mass is 501 g/mol. The number of hydrogen-bond acceptors (Lipinski definition) is 4. The van der Waals surface area contributed by atoms with Crippen molar-refractivity contribution in [2.45, 2.75) is 66.5 Å². The van der Waals surface area contributed by atoms with Crippen molar-refractivity contribution in [3.8, 4) is 5.75 Å². The van der Waals surface area contributed by atoms with Gasteiger partial charge in [-0.05, 0) is 80.0 Å². The Bertz CT molecular complexity index is 1210. The van der Waals surface area contributed by atoms with Crippen molar-refractivity contribution in [2.75, 3.05) is 7.11 Å². The van der Waals surface area contributed by atoms with E-state index in [0.717, 1.165) is 34.4 Å². The van der Waals surface area contributed by atoms with Crippen molar-refractivity contribution in [1.82, 2.24) is 5.32 Å². The number of rotatable bonds is 11. The van der Waals surface area contributed by atoms with Crippen molar-refractivity contribution in [3.05, 3.63) is 99.6 Å². The van der Waals surface area contributed by atoms with Crippen LogP contribution in [0.1, 0.15) is 76.5 Å². The lowest BCUT2D eigenvalue weighted by Gasteiger charge is -2.23. The maximum Gasteiger partial charge on any atom is 0.305 e. The van der Waals surface area contributed by atoms with Gasteiger partial charge in [0.15, 0.2) is 0 Å². The van der Waals surface area contributed by atoms with Crippen molar-refractivity contribution < 1.29 is 19.1 Å². The highest BCUT2D eigenvalue weighted by molar-refractivity contribution is 5.96. The highest BCUT2D eigenvalue weighted by atomic mass is 16.5. The predicted molar refractivity (Wildman–Crippen MR) is 148 cm³/mol. The zero-order valence-electron chi connectivity index (χ0n) is 22.9. The number of hydrogen-bond donors (Lipinski definition) is 1. The van der Waals surface area contributed by atoms with Crippen LogP contribution in [0, 0.1) is 26.7 Å². The zero-order chi connectivity index (χ0) is 26.9. The molecule has 0 aromatic heterocycles. The Labute approximate surface area is 221 Å². The highest BCUT2D eigenvalue weighted by Gasteiger charge is 2.21. The van der Waals surface area contributed by atoms with E-state index in [2.05, 4.69) is 51.2 Å². The van der Waals surface area contributed by atoms with Crippen LogP contribution in [0.5, 0.6) is 5.75 Å². The van der Waals surface area contributed by atoms with E-state index in [9.17, 15) is 9.59 Å². The molecule has 0 aliphatic rings. The van der Waals surface area contributed by atoms with E-state index in [1.54, 1.807) is 0 Å². The molecule has 3 aromatic carbocycles. The number of carbonyl (C=O) groups is 2. The molecule has 1 N–H and O–H groups in total. The van der Waals surface area contributed by atoms with Gasteiger partial charge in [0.25, 0.3) is 5.91 Å². The van der Waals surface area contributed by atoms with E-state index in [4.69, 9.17) is 9.47 Å². The molecule has 0 fully saturated rings. The lowest BCUT2D eigenvalue weighted by atomic mass is 9.93.